The number of carboxylic acids is 1. The number of carbonyl (C=O) groups is 2. The van der Waals surface area contributed by atoms with Crippen LogP contribution >= 0.6 is 0 Å². The summed E-state index contributed by atoms with van der Waals surface area (Å²) in [7, 11) is 0. The molecule has 0 amide bonds. The van der Waals surface area contributed by atoms with Gasteiger partial charge >= 0.3 is 11.9 Å². The van der Waals surface area contributed by atoms with Gasteiger partial charge in [0.05, 0.1) is 12.3 Å². The fourth-order valence-corrected chi connectivity index (χ4v) is 3.83. The van der Waals surface area contributed by atoms with Gasteiger partial charge in [-0.15, -0.1) is 0 Å². The lowest BCUT2D eigenvalue weighted by atomic mass is 9.97. The van der Waals surface area contributed by atoms with Gasteiger partial charge < -0.3 is 9.84 Å². The Morgan fingerprint density at radius 2 is 1.59 bits per heavy atom. The summed E-state index contributed by atoms with van der Waals surface area (Å²) in [5.41, 5.74) is 4.67. The lowest BCUT2D eigenvalue weighted by Gasteiger charge is -2.16. The van der Waals surface area contributed by atoms with Gasteiger partial charge in [-0.25, -0.2) is 0 Å². The van der Waals surface area contributed by atoms with Crippen LogP contribution in [0.2, 0.25) is 0 Å². The minimum atomic E-state index is -0.917. The second kappa shape index (κ2) is 8.85. The molecule has 0 saturated carbocycles. The first-order chi connectivity index (χ1) is 13.1. The maximum atomic E-state index is 12.3. The number of hydrogen-bond donors (Lipinski definition) is 1. The summed E-state index contributed by atoms with van der Waals surface area (Å²) in [5, 5.41) is 9.35. The molecule has 0 radical (unpaired) electrons. The normalized spacial score (nSPS) is 13.7. The van der Waals surface area contributed by atoms with E-state index in [1.54, 1.807) is 0 Å². The second-order valence-electron chi connectivity index (χ2n) is 7.15. The van der Waals surface area contributed by atoms with Crippen LogP contribution < -0.4 is 0 Å². The zero-order valence-corrected chi connectivity index (χ0v) is 15.7. The van der Waals surface area contributed by atoms with E-state index in [9.17, 15) is 14.7 Å². The molecule has 3 rings (SSSR count). The van der Waals surface area contributed by atoms with Gasteiger partial charge in [-0.05, 0) is 28.7 Å². The van der Waals surface area contributed by atoms with Gasteiger partial charge in [0.2, 0.25) is 0 Å². The highest BCUT2D eigenvalue weighted by Gasteiger charge is 2.29. The van der Waals surface area contributed by atoms with Crippen molar-refractivity contribution in [2.75, 3.05) is 6.61 Å². The van der Waals surface area contributed by atoms with Crippen LogP contribution in [0.15, 0.2) is 48.5 Å². The number of benzene rings is 2. The number of ether oxygens (including phenoxy) is 1. The lowest BCUT2D eigenvalue weighted by Crippen LogP contribution is -2.21. The van der Waals surface area contributed by atoms with Crippen molar-refractivity contribution in [2.45, 2.75) is 44.9 Å². The van der Waals surface area contributed by atoms with Gasteiger partial charge in [-0.1, -0.05) is 74.7 Å². The van der Waals surface area contributed by atoms with Gasteiger partial charge in [-0.2, -0.15) is 0 Å². The van der Waals surface area contributed by atoms with E-state index in [4.69, 9.17) is 4.74 Å². The van der Waals surface area contributed by atoms with Crippen LogP contribution in [0.25, 0.3) is 11.1 Å². The average molecular weight is 366 g/mol. The number of esters is 1. The Kier molecular flexibility index (Phi) is 6.28. The van der Waals surface area contributed by atoms with Crippen molar-refractivity contribution < 1.29 is 19.4 Å². The fraction of sp³-hybridized carbons (Fsp3) is 0.391. The molecule has 142 valence electrons. The molecule has 1 aliphatic carbocycles. The predicted molar refractivity (Wildman–Crippen MR) is 105 cm³/mol. The van der Waals surface area contributed by atoms with E-state index in [1.807, 2.05) is 24.3 Å². The van der Waals surface area contributed by atoms with E-state index in [0.29, 0.717) is 6.42 Å². The number of fused-ring (bicyclic) bond motifs is 3. The van der Waals surface area contributed by atoms with Gasteiger partial charge in [0.15, 0.2) is 0 Å². The van der Waals surface area contributed by atoms with Crippen LogP contribution in [0.5, 0.6) is 0 Å². The highest BCUT2D eigenvalue weighted by atomic mass is 16.5. The summed E-state index contributed by atoms with van der Waals surface area (Å²) in [6.07, 6.45) is 3.29. The monoisotopic (exact) mass is 366 g/mol. The van der Waals surface area contributed by atoms with Crippen molar-refractivity contribution in [1.29, 1.82) is 0 Å². The summed E-state index contributed by atoms with van der Waals surface area (Å²) in [5.74, 6) is -2.00. The van der Waals surface area contributed by atoms with Crippen LogP contribution in [0.3, 0.4) is 0 Å². The van der Waals surface area contributed by atoms with Crippen molar-refractivity contribution >= 4 is 11.9 Å². The van der Waals surface area contributed by atoms with Crippen LogP contribution in [-0.2, 0) is 14.3 Å². The third kappa shape index (κ3) is 4.38. The molecule has 4 heteroatoms. The minimum Gasteiger partial charge on any atom is -0.481 e. The summed E-state index contributed by atoms with van der Waals surface area (Å²) >= 11 is 0. The lowest BCUT2D eigenvalue weighted by molar-refractivity contribution is -0.152. The standard InChI is InChI=1S/C23H26O4/c1-2-3-4-9-16(23(25)26)14-22(24)27-15-21-19-12-7-5-10-17(19)18-11-6-8-13-20(18)21/h5-8,10-13,16,21H,2-4,9,14-15H2,1H3,(H,25,26)/t16-/m1/s1. The van der Waals surface area contributed by atoms with E-state index < -0.39 is 17.9 Å². The Hall–Kier alpha value is -2.62. The zero-order chi connectivity index (χ0) is 19.2. The molecule has 1 N–H and O–H groups in total. The molecule has 0 spiro atoms. The molecule has 0 bridgehead atoms. The Morgan fingerprint density at radius 1 is 1.00 bits per heavy atom. The molecule has 0 aromatic heterocycles. The molecule has 0 unspecified atom stereocenters. The van der Waals surface area contributed by atoms with Crippen LogP contribution in [0.4, 0.5) is 0 Å². The second-order valence-corrected chi connectivity index (χ2v) is 7.15. The van der Waals surface area contributed by atoms with Gasteiger partial charge in [0, 0.05) is 5.92 Å². The molecule has 4 nitrogen and oxygen atoms in total. The first-order valence-corrected chi connectivity index (χ1v) is 9.68. The number of unbranched alkanes of at least 4 members (excludes halogenated alkanes) is 2. The number of rotatable bonds is 9. The third-order valence-electron chi connectivity index (χ3n) is 5.29. The topological polar surface area (TPSA) is 63.6 Å². The molecule has 0 saturated heterocycles. The van der Waals surface area contributed by atoms with Crippen molar-refractivity contribution in [1.82, 2.24) is 0 Å². The van der Waals surface area contributed by atoms with Gasteiger partial charge in [0.1, 0.15) is 6.61 Å². The van der Waals surface area contributed by atoms with Crippen LogP contribution in [0, 0.1) is 5.92 Å². The van der Waals surface area contributed by atoms with E-state index in [0.717, 1.165) is 30.4 Å². The number of carbonyl (C=O) groups excluding carboxylic acids is 1. The smallest absolute Gasteiger partial charge is 0.307 e. The van der Waals surface area contributed by atoms with E-state index in [1.165, 1.54) is 11.1 Å². The third-order valence-corrected chi connectivity index (χ3v) is 5.29. The molecular weight excluding hydrogens is 340 g/mol. The van der Waals surface area contributed by atoms with Crippen molar-refractivity contribution in [3.63, 3.8) is 0 Å². The zero-order valence-electron chi connectivity index (χ0n) is 15.7. The number of aliphatic carboxylic acids is 1. The molecule has 0 heterocycles. The molecule has 2 aromatic carbocycles. The summed E-state index contributed by atoms with van der Waals surface area (Å²) in [6, 6.07) is 16.3. The highest BCUT2D eigenvalue weighted by molar-refractivity contribution is 5.80. The highest BCUT2D eigenvalue weighted by Crippen LogP contribution is 2.44. The van der Waals surface area contributed by atoms with Gasteiger partial charge in [0.25, 0.3) is 0 Å². The summed E-state index contributed by atoms with van der Waals surface area (Å²) in [4.78, 5) is 23.7. The average Bonchev–Trinajstić information content (AvgIpc) is 2.99. The van der Waals surface area contributed by atoms with E-state index in [2.05, 4.69) is 31.2 Å². The number of hydrogen-bond acceptors (Lipinski definition) is 3. The molecule has 0 aliphatic heterocycles. The molecule has 0 fully saturated rings. The molecule has 1 atom stereocenters. The Bertz CT molecular complexity index is 766. The Labute approximate surface area is 160 Å². The van der Waals surface area contributed by atoms with Crippen LogP contribution in [-0.4, -0.2) is 23.7 Å². The predicted octanol–water partition coefficient (Wildman–Crippen LogP) is 5.01. The Balaban J connectivity index is 1.64. The summed E-state index contributed by atoms with van der Waals surface area (Å²) in [6.45, 7) is 2.31. The SMILES string of the molecule is CCCCC[C@H](CC(=O)OCC1c2ccccc2-c2ccccc21)C(=O)O. The first-order valence-electron chi connectivity index (χ1n) is 9.68. The van der Waals surface area contributed by atoms with Crippen molar-refractivity contribution in [3.8, 4) is 11.1 Å². The molecule has 2 aromatic rings. The maximum Gasteiger partial charge on any atom is 0.307 e. The molecule has 27 heavy (non-hydrogen) atoms. The maximum absolute atomic E-state index is 12.3. The minimum absolute atomic E-state index is 0.00437. The Morgan fingerprint density at radius 3 is 2.15 bits per heavy atom. The van der Waals surface area contributed by atoms with Gasteiger partial charge in [-0.3, -0.25) is 9.59 Å². The van der Waals surface area contributed by atoms with E-state index >= 15 is 0 Å². The number of carboxylic acid groups (broad SMARTS) is 1. The largest absolute Gasteiger partial charge is 0.481 e. The first kappa shape index (κ1) is 19.2. The van der Waals surface area contributed by atoms with E-state index in [-0.39, 0.29) is 18.9 Å². The summed E-state index contributed by atoms with van der Waals surface area (Å²) < 4.78 is 5.52. The fourth-order valence-electron chi connectivity index (χ4n) is 3.83. The van der Waals surface area contributed by atoms with Crippen LogP contribution in [0.1, 0.15) is 56.1 Å². The van der Waals surface area contributed by atoms with Crippen molar-refractivity contribution in [2.24, 2.45) is 5.92 Å². The molecular formula is C23H26O4. The quantitative estimate of drug-likeness (QED) is 0.500. The molecule has 1 aliphatic rings. The van der Waals surface area contributed by atoms with Crippen molar-refractivity contribution in [3.05, 3.63) is 59.7 Å².